The van der Waals surface area contributed by atoms with E-state index in [9.17, 15) is 8.42 Å². The second-order valence-corrected chi connectivity index (χ2v) is 6.70. The van der Waals surface area contributed by atoms with Crippen molar-refractivity contribution < 1.29 is 8.42 Å². The Hall–Kier alpha value is -1.44. The molecule has 0 aliphatic rings. The molecule has 0 bridgehead atoms. The van der Waals surface area contributed by atoms with Crippen LogP contribution in [0.15, 0.2) is 40.2 Å². The van der Waals surface area contributed by atoms with Crippen molar-refractivity contribution in [2.75, 3.05) is 18.4 Å². The molecule has 0 saturated carbocycles. The lowest BCUT2D eigenvalue weighted by Gasteiger charge is -2.11. The van der Waals surface area contributed by atoms with Crippen LogP contribution in [0.3, 0.4) is 0 Å². The third-order valence-electron chi connectivity index (χ3n) is 2.73. The van der Waals surface area contributed by atoms with Crippen molar-refractivity contribution in [3.05, 3.63) is 40.8 Å². The third kappa shape index (κ3) is 3.78. The molecule has 2 aromatic heterocycles. The Kier molecular flexibility index (Phi) is 5.11. The summed E-state index contributed by atoms with van der Waals surface area (Å²) in [7, 11) is -3.54. The molecule has 2 rings (SSSR count). The first-order valence-corrected chi connectivity index (χ1v) is 8.74. The zero-order valence-corrected chi connectivity index (χ0v) is 12.8. The van der Waals surface area contributed by atoms with E-state index in [1.165, 1.54) is 6.20 Å². The first-order chi connectivity index (χ1) is 9.63. The van der Waals surface area contributed by atoms with Crippen LogP contribution in [0.1, 0.15) is 12.5 Å². The minimum atomic E-state index is -3.54. The molecule has 0 fully saturated rings. The van der Waals surface area contributed by atoms with Gasteiger partial charge in [-0.2, -0.15) is 11.3 Å². The van der Waals surface area contributed by atoms with Crippen molar-refractivity contribution in [1.29, 1.82) is 0 Å². The van der Waals surface area contributed by atoms with Crippen molar-refractivity contribution in [3.8, 4) is 0 Å². The van der Waals surface area contributed by atoms with Crippen LogP contribution >= 0.6 is 11.3 Å². The number of hydrogen-bond acceptors (Lipinski definition) is 5. The highest BCUT2D eigenvalue weighted by Crippen LogP contribution is 2.19. The Morgan fingerprint density at radius 1 is 1.35 bits per heavy atom. The van der Waals surface area contributed by atoms with Crippen molar-refractivity contribution in [1.82, 2.24) is 9.71 Å². The highest BCUT2D eigenvalue weighted by atomic mass is 32.2. The predicted molar refractivity (Wildman–Crippen MR) is 81.6 cm³/mol. The van der Waals surface area contributed by atoms with Crippen molar-refractivity contribution in [2.24, 2.45) is 0 Å². The molecule has 7 heteroatoms. The van der Waals surface area contributed by atoms with Crippen molar-refractivity contribution in [2.45, 2.75) is 18.2 Å². The summed E-state index contributed by atoms with van der Waals surface area (Å²) < 4.78 is 27.1. The monoisotopic (exact) mass is 311 g/mol. The molecule has 0 spiro atoms. The maximum Gasteiger partial charge on any atom is 0.244 e. The number of hydrogen-bond donors (Lipinski definition) is 2. The Balaban J connectivity index is 2.06. The van der Waals surface area contributed by atoms with Gasteiger partial charge in [0.15, 0.2) is 0 Å². The Labute approximate surface area is 123 Å². The molecule has 0 unspecified atom stereocenters. The number of rotatable bonds is 7. The number of pyridine rings is 1. The van der Waals surface area contributed by atoms with Crippen molar-refractivity contribution >= 4 is 27.0 Å². The molecule has 0 aliphatic carbocycles. The maximum atomic E-state index is 12.3. The molecule has 0 saturated heterocycles. The van der Waals surface area contributed by atoms with E-state index >= 15 is 0 Å². The van der Waals surface area contributed by atoms with Crippen LogP contribution in [-0.4, -0.2) is 26.5 Å². The van der Waals surface area contributed by atoms with Crippen LogP contribution in [0.5, 0.6) is 0 Å². The van der Waals surface area contributed by atoms with Gasteiger partial charge in [-0.05, 0) is 41.8 Å². The van der Waals surface area contributed by atoms with Gasteiger partial charge in [0, 0.05) is 25.5 Å². The molecule has 20 heavy (non-hydrogen) atoms. The fourth-order valence-corrected chi connectivity index (χ4v) is 3.63. The maximum absolute atomic E-state index is 12.3. The molecule has 0 aromatic carbocycles. The molecule has 0 aliphatic heterocycles. The first-order valence-electron chi connectivity index (χ1n) is 6.32. The van der Waals surface area contributed by atoms with Gasteiger partial charge in [0.2, 0.25) is 10.0 Å². The van der Waals surface area contributed by atoms with Gasteiger partial charge in [0.25, 0.3) is 0 Å². The summed E-state index contributed by atoms with van der Waals surface area (Å²) in [6.07, 6.45) is 3.62. The largest absolute Gasteiger partial charge is 0.384 e. The second kappa shape index (κ2) is 6.83. The average Bonchev–Trinajstić information content (AvgIpc) is 2.92. The van der Waals surface area contributed by atoms with E-state index in [-0.39, 0.29) is 4.90 Å². The smallest absolute Gasteiger partial charge is 0.244 e. The lowest BCUT2D eigenvalue weighted by Crippen LogP contribution is -2.26. The fraction of sp³-hybridized carbons (Fsp3) is 0.308. The summed E-state index contributed by atoms with van der Waals surface area (Å²) in [5.74, 6) is 0. The van der Waals surface area contributed by atoms with Gasteiger partial charge in [-0.1, -0.05) is 0 Å². The van der Waals surface area contributed by atoms with Gasteiger partial charge in [-0.3, -0.25) is 4.98 Å². The van der Waals surface area contributed by atoms with E-state index in [4.69, 9.17) is 0 Å². The number of sulfonamides is 1. The molecular weight excluding hydrogens is 294 g/mol. The molecule has 0 atom stereocenters. The zero-order valence-electron chi connectivity index (χ0n) is 11.2. The fourth-order valence-electron chi connectivity index (χ4n) is 1.77. The summed E-state index contributed by atoms with van der Waals surface area (Å²) in [4.78, 5) is 4.08. The van der Waals surface area contributed by atoms with Gasteiger partial charge in [-0.25, -0.2) is 13.1 Å². The van der Waals surface area contributed by atoms with Gasteiger partial charge < -0.3 is 5.32 Å². The van der Waals surface area contributed by atoms with Crippen LogP contribution in [0.25, 0.3) is 0 Å². The Bertz CT molecular complexity index is 639. The highest BCUT2D eigenvalue weighted by molar-refractivity contribution is 7.89. The topological polar surface area (TPSA) is 71.1 Å². The van der Waals surface area contributed by atoms with Gasteiger partial charge in [0.05, 0.1) is 5.69 Å². The molecular formula is C13H17N3O2S2. The van der Waals surface area contributed by atoms with E-state index in [0.29, 0.717) is 25.2 Å². The summed E-state index contributed by atoms with van der Waals surface area (Å²) in [6.45, 7) is 2.95. The number of thiophene rings is 1. The van der Waals surface area contributed by atoms with E-state index in [2.05, 4.69) is 15.0 Å². The molecule has 2 aromatic rings. The highest BCUT2D eigenvalue weighted by Gasteiger charge is 2.17. The first kappa shape index (κ1) is 15.0. The average molecular weight is 311 g/mol. The van der Waals surface area contributed by atoms with Gasteiger partial charge in [0.1, 0.15) is 4.90 Å². The number of aromatic nitrogens is 1. The van der Waals surface area contributed by atoms with Crippen LogP contribution < -0.4 is 10.0 Å². The summed E-state index contributed by atoms with van der Waals surface area (Å²) in [5, 5.41) is 7.03. The predicted octanol–water partition coefficient (Wildman–Crippen LogP) is 2.10. The van der Waals surface area contributed by atoms with Crippen LogP contribution in [0.4, 0.5) is 5.69 Å². The summed E-state index contributed by atoms with van der Waals surface area (Å²) in [5.41, 5.74) is 1.71. The van der Waals surface area contributed by atoms with E-state index in [1.807, 2.05) is 23.8 Å². The molecule has 2 N–H and O–H groups in total. The van der Waals surface area contributed by atoms with Crippen LogP contribution in [0, 0.1) is 0 Å². The zero-order chi connectivity index (χ0) is 14.4. The Morgan fingerprint density at radius 3 is 2.90 bits per heavy atom. The van der Waals surface area contributed by atoms with E-state index in [0.717, 1.165) is 5.56 Å². The molecule has 2 heterocycles. The van der Waals surface area contributed by atoms with Crippen molar-refractivity contribution in [3.63, 3.8) is 0 Å². The minimum absolute atomic E-state index is 0.187. The third-order valence-corrected chi connectivity index (χ3v) is 4.95. The van der Waals surface area contributed by atoms with E-state index in [1.54, 1.807) is 23.6 Å². The van der Waals surface area contributed by atoms with Crippen LogP contribution in [0.2, 0.25) is 0 Å². The lowest BCUT2D eigenvalue weighted by atomic mass is 10.2. The second-order valence-electron chi connectivity index (χ2n) is 4.18. The number of nitrogens with zero attached hydrogens (tertiary/aromatic N) is 1. The number of anilines is 1. The molecule has 5 nitrogen and oxygen atoms in total. The van der Waals surface area contributed by atoms with E-state index < -0.39 is 10.0 Å². The Morgan fingerprint density at radius 2 is 2.20 bits per heavy atom. The van der Waals surface area contributed by atoms with Gasteiger partial charge in [-0.15, -0.1) is 0 Å². The lowest BCUT2D eigenvalue weighted by molar-refractivity contribution is 0.581. The summed E-state index contributed by atoms with van der Waals surface area (Å²) >= 11 is 1.61. The summed E-state index contributed by atoms with van der Waals surface area (Å²) in [6, 6.07) is 3.66. The molecule has 0 radical (unpaired) electrons. The standard InChI is InChI=1S/C13H17N3O2S2/c1-2-15-12-4-6-14-9-13(12)20(17,18)16-7-3-11-5-8-19-10-11/h4-6,8-10,16H,2-3,7H2,1H3,(H,14,15). The minimum Gasteiger partial charge on any atom is -0.384 e. The van der Waals surface area contributed by atoms with Crippen LogP contribution in [-0.2, 0) is 16.4 Å². The quantitative estimate of drug-likeness (QED) is 0.821. The molecule has 108 valence electrons. The SMILES string of the molecule is CCNc1ccncc1S(=O)(=O)NCCc1ccsc1. The normalized spacial score (nSPS) is 11.4. The van der Waals surface area contributed by atoms with Gasteiger partial charge >= 0.3 is 0 Å². The molecule has 0 amide bonds. The number of nitrogens with one attached hydrogen (secondary N) is 2.